The van der Waals surface area contributed by atoms with Crippen LogP contribution >= 0.6 is 0 Å². The van der Waals surface area contributed by atoms with Gasteiger partial charge in [-0.25, -0.2) is 0 Å². The number of ether oxygens (including phenoxy) is 1. The second-order valence-corrected chi connectivity index (χ2v) is 9.85. The third-order valence-electron chi connectivity index (χ3n) is 7.19. The molecule has 0 aliphatic carbocycles. The summed E-state index contributed by atoms with van der Waals surface area (Å²) in [6.07, 6.45) is 3.19. The molecule has 0 atom stereocenters. The van der Waals surface area contributed by atoms with Gasteiger partial charge >= 0.3 is 0 Å². The molecule has 2 aromatic carbocycles. The highest BCUT2D eigenvalue weighted by atomic mass is 16.5. The minimum atomic E-state index is 0.0597. The third-order valence-corrected chi connectivity index (χ3v) is 7.19. The van der Waals surface area contributed by atoms with Crippen LogP contribution in [0.25, 0.3) is 10.9 Å². The zero-order valence-electron chi connectivity index (χ0n) is 20.4. The van der Waals surface area contributed by atoms with Crippen molar-refractivity contribution < 1.29 is 9.53 Å². The molecule has 1 saturated heterocycles. The molecule has 5 heteroatoms. The van der Waals surface area contributed by atoms with Crippen LogP contribution in [0.3, 0.4) is 0 Å². The van der Waals surface area contributed by atoms with Crippen LogP contribution in [0.2, 0.25) is 0 Å². The number of para-hydroxylation sites is 2. The molecule has 4 rings (SSSR count). The van der Waals surface area contributed by atoms with Gasteiger partial charge in [0.25, 0.3) is 5.91 Å². The highest BCUT2D eigenvalue weighted by Crippen LogP contribution is 2.30. The summed E-state index contributed by atoms with van der Waals surface area (Å²) in [5.74, 6) is 1.61. The number of aromatic amines is 1. The molecule has 33 heavy (non-hydrogen) atoms. The third kappa shape index (κ3) is 5.25. The number of carbonyl (C=O) groups is 1. The van der Waals surface area contributed by atoms with Crippen molar-refractivity contribution in [1.82, 2.24) is 14.8 Å². The van der Waals surface area contributed by atoms with Crippen molar-refractivity contribution in [2.75, 3.05) is 33.3 Å². The number of benzene rings is 2. The molecule has 0 saturated carbocycles. The van der Waals surface area contributed by atoms with Crippen molar-refractivity contribution in [3.63, 3.8) is 0 Å². The summed E-state index contributed by atoms with van der Waals surface area (Å²) in [6.45, 7) is 10.4. The number of piperidine rings is 1. The molecule has 1 fully saturated rings. The van der Waals surface area contributed by atoms with Crippen molar-refractivity contribution >= 4 is 16.8 Å². The SMILES string of the molecule is CCN(CC1CCN(C(C)(C)Cc2ccccc2OC)CC1)C(=O)c1cc2ccccc2[nH]1. The lowest BCUT2D eigenvalue weighted by Crippen LogP contribution is -2.50. The van der Waals surface area contributed by atoms with Gasteiger partial charge in [-0.05, 0) is 82.8 Å². The summed E-state index contributed by atoms with van der Waals surface area (Å²) >= 11 is 0. The number of H-pyrrole nitrogens is 1. The van der Waals surface area contributed by atoms with E-state index >= 15 is 0 Å². The van der Waals surface area contributed by atoms with Crippen LogP contribution in [0.15, 0.2) is 54.6 Å². The van der Waals surface area contributed by atoms with E-state index in [9.17, 15) is 4.79 Å². The molecule has 1 amide bonds. The molecule has 1 aliphatic rings. The Bertz CT molecular complexity index is 1050. The lowest BCUT2D eigenvalue weighted by molar-refractivity contribution is 0.0544. The first-order valence-electron chi connectivity index (χ1n) is 12.1. The summed E-state index contributed by atoms with van der Waals surface area (Å²) in [6, 6.07) is 18.4. The van der Waals surface area contributed by atoms with Crippen LogP contribution < -0.4 is 4.74 Å². The quantitative estimate of drug-likeness (QED) is 0.505. The maximum Gasteiger partial charge on any atom is 0.270 e. The van der Waals surface area contributed by atoms with Crippen molar-refractivity contribution in [2.45, 2.75) is 45.6 Å². The Kier molecular flexibility index (Phi) is 7.08. The van der Waals surface area contributed by atoms with Crippen LogP contribution in [-0.2, 0) is 6.42 Å². The number of nitrogens with zero attached hydrogens (tertiary/aromatic N) is 2. The second-order valence-electron chi connectivity index (χ2n) is 9.85. The number of carbonyl (C=O) groups excluding carboxylic acids is 1. The number of likely N-dealkylation sites (tertiary alicyclic amines) is 1. The van der Waals surface area contributed by atoms with Crippen LogP contribution in [0.4, 0.5) is 0 Å². The smallest absolute Gasteiger partial charge is 0.270 e. The standard InChI is InChI=1S/C28H37N3O2/c1-5-30(27(32)25-18-22-10-6-8-12-24(22)29-25)20-21-14-16-31(17-15-21)28(2,3)19-23-11-7-9-13-26(23)33-4/h6-13,18,21,29H,5,14-17,19-20H2,1-4H3. The van der Waals surface area contributed by atoms with Crippen molar-refractivity contribution in [3.8, 4) is 5.75 Å². The number of hydrogen-bond donors (Lipinski definition) is 1. The lowest BCUT2D eigenvalue weighted by Gasteiger charge is -2.44. The Morgan fingerprint density at radius 1 is 1.12 bits per heavy atom. The van der Waals surface area contributed by atoms with Gasteiger partial charge in [-0.3, -0.25) is 9.69 Å². The monoisotopic (exact) mass is 447 g/mol. The van der Waals surface area contributed by atoms with Gasteiger partial charge in [0.15, 0.2) is 0 Å². The fraction of sp³-hybridized carbons (Fsp3) is 0.464. The van der Waals surface area contributed by atoms with Gasteiger partial charge in [-0.2, -0.15) is 0 Å². The number of nitrogens with one attached hydrogen (secondary N) is 1. The van der Waals surface area contributed by atoms with Crippen LogP contribution in [0.5, 0.6) is 5.75 Å². The van der Waals surface area contributed by atoms with Crippen LogP contribution in [-0.4, -0.2) is 59.5 Å². The molecule has 1 aromatic heterocycles. The number of fused-ring (bicyclic) bond motifs is 1. The van der Waals surface area contributed by atoms with Gasteiger partial charge < -0.3 is 14.6 Å². The number of hydrogen-bond acceptors (Lipinski definition) is 3. The maximum atomic E-state index is 13.2. The molecule has 1 N–H and O–H groups in total. The molecular weight excluding hydrogens is 410 g/mol. The van der Waals surface area contributed by atoms with Gasteiger partial charge in [0.1, 0.15) is 11.4 Å². The van der Waals surface area contributed by atoms with E-state index in [1.807, 2.05) is 47.4 Å². The molecule has 5 nitrogen and oxygen atoms in total. The molecule has 0 radical (unpaired) electrons. The lowest BCUT2D eigenvalue weighted by atomic mass is 9.87. The van der Waals surface area contributed by atoms with E-state index in [4.69, 9.17) is 4.74 Å². The number of aromatic nitrogens is 1. The Labute approximate surface area is 197 Å². The van der Waals surface area contributed by atoms with E-state index < -0.39 is 0 Å². The molecule has 2 heterocycles. The molecule has 0 bridgehead atoms. The van der Waals surface area contributed by atoms with E-state index in [-0.39, 0.29) is 11.4 Å². The van der Waals surface area contributed by atoms with Gasteiger partial charge in [0, 0.05) is 29.5 Å². The summed E-state index contributed by atoms with van der Waals surface area (Å²) < 4.78 is 5.57. The van der Waals surface area contributed by atoms with Crippen molar-refractivity contribution in [2.24, 2.45) is 5.92 Å². The molecule has 1 aliphatic heterocycles. The average Bonchev–Trinajstić information content (AvgIpc) is 3.27. The van der Waals surface area contributed by atoms with Gasteiger partial charge in [0.05, 0.1) is 7.11 Å². The Morgan fingerprint density at radius 2 is 1.82 bits per heavy atom. The van der Waals surface area contributed by atoms with Crippen molar-refractivity contribution in [3.05, 3.63) is 65.9 Å². The Hall–Kier alpha value is -2.79. The normalized spacial score (nSPS) is 15.6. The fourth-order valence-corrected chi connectivity index (χ4v) is 5.17. The Morgan fingerprint density at radius 3 is 2.52 bits per heavy atom. The average molecular weight is 448 g/mol. The maximum absolute atomic E-state index is 13.2. The van der Waals surface area contributed by atoms with Gasteiger partial charge in [-0.1, -0.05) is 36.4 Å². The second kappa shape index (κ2) is 10.0. The summed E-state index contributed by atoms with van der Waals surface area (Å²) in [7, 11) is 1.74. The fourth-order valence-electron chi connectivity index (χ4n) is 5.17. The first kappa shape index (κ1) is 23.4. The van der Waals surface area contributed by atoms with E-state index in [2.05, 4.69) is 42.8 Å². The molecular formula is C28H37N3O2. The van der Waals surface area contributed by atoms with E-state index in [0.717, 1.165) is 62.1 Å². The van der Waals surface area contributed by atoms with Crippen LogP contribution in [0.1, 0.15) is 49.7 Å². The minimum Gasteiger partial charge on any atom is -0.496 e. The largest absolute Gasteiger partial charge is 0.496 e. The number of rotatable bonds is 8. The summed E-state index contributed by atoms with van der Waals surface area (Å²) in [5, 5.41) is 1.09. The minimum absolute atomic E-state index is 0.0597. The van der Waals surface area contributed by atoms with E-state index in [0.29, 0.717) is 11.6 Å². The Balaban J connectivity index is 1.35. The van der Waals surface area contributed by atoms with Crippen molar-refractivity contribution in [1.29, 1.82) is 0 Å². The highest BCUT2D eigenvalue weighted by Gasteiger charge is 2.32. The first-order valence-corrected chi connectivity index (χ1v) is 12.1. The van der Waals surface area contributed by atoms with E-state index in [1.54, 1.807) is 7.11 Å². The van der Waals surface area contributed by atoms with Gasteiger partial charge in [0.2, 0.25) is 0 Å². The topological polar surface area (TPSA) is 48.6 Å². The zero-order valence-corrected chi connectivity index (χ0v) is 20.4. The number of methoxy groups -OCH3 is 1. The van der Waals surface area contributed by atoms with E-state index in [1.165, 1.54) is 5.56 Å². The zero-order chi connectivity index (χ0) is 23.4. The number of amides is 1. The summed E-state index contributed by atoms with van der Waals surface area (Å²) in [5.41, 5.74) is 3.02. The predicted molar refractivity (Wildman–Crippen MR) is 135 cm³/mol. The van der Waals surface area contributed by atoms with Crippen LogP contribution in [0, 0.1) is 5.92 Å². The summed E-state index contributed by atoms with van der Waals surface area (Å²) in [4.78, 5) is 21.1. The first-order chi connectivity index (χ1) is 15.9. The molecule has 3 aromatic rings. The predicted octanol–water partition coefficient (Wildman–Crippen LogP) is 5.37. The highest BCUT2D eigenvalue weighted by molar-refractivity contribution is 5.98. The molecule has 176 valence electrons. The van der Waals surface area contributed by atoms with Gasteiger partial charge in [-0.15, -0.1) is 0 Å². The molecule has 0 unspecified atom stereocenters. The molecule has 0 spiro atoms.